The molecular formula is C27H26F3N5O4S. The Morgan fingerprint density at radius 2 is 1.90 bits per heavy atom. The summed E-state index contributed by atoms with van der Waals surface area (Å²) >= 11 is 0.787. The molecule has 0 radical (unpaired) electrons. The van der Waals surface area contributed by atoms with E-state index < -0.39 is 29.3 Å². The molecule has 0 saturated carbocycles. The molecule has 0 saturated heterocycles. The second-order valence-corrected chi connectivity index (χ2v) is 9.82. The highest BCUT2D eigenvalue weighted by atomic mass is 32.1. The molecule has 0 fully saturated rings. The largest absolute Gasteiger partial charge is 0.462 e. The molecule has 0 bridgehead atoms. The first kappa shape index (κ1) is 28.7. The second kappa shape index (κ2) is 11.5. The summed E-state index contributed by atoms with van der Waals surface area (Å²) in [5.41, 5.74) is -0.0486. The topological polar surface area (TPSA) is 115 Å². The van der Waals surface area contributed by atoms with Crippen LogP contribution in [0.2, 0.25) is 0 Å². The van der Waals surface area contributed by atoms with Crippen LogP contribution in [0, 0.1) is 0 Å². The number of esters is 1. The monoisotopic (exact) mass is 573 g/mol. The highest BCUT2D eigenvalue weighted by Crippen LogP contribution is 2.39. The number of rotatable bonds is 7. The second-order valence-electron chi connectivity index (χ2n) is 8.96. The Bertz CT molecular complexity index is 1650. The third-order valence-corrected chi connectivity index (χ3v) is 6.78. The average Bonchev–Trinajstić information content (AvgIpc) is 3.40. The molecule has 3 heterocycles. The van der Waals surface area contributed by atoms with E-state index in [0.717, 1.165) is 16.7 Å². The van der Waals surface area contributed by atoms with Crippen LogP contribution in [0.5, 0.6) is 0 Å². The molecule has 0 aliphatic heterocycles. The summed E-state index contributed by atoms with van der Waals surface area (Å²) < 4.78 is 46.9. The average molecular weight is 574 g/mol. The van der Waals surface area contributed by atoms with Crippen LogP contribution in [0.15, 0.2) is 46.8 Å². The summed E-state index contributed by atoms with van der Waals surface area (Å²) in [7, 11) is 0. The predicted molar refractivity (Wildman–Crippen MR) is 147 cm³/mol. The fourth-order valence-electron chi connectivity index (χ4n) is 4.08. The van der Waals surface area contributed by atoms with E-state index in [9.17, 15) is 27.6 Å². The van der Waals surface area contributed by atoms with Crippen LogP contribution in [0.3, 0.4) is 0 Å². The number of urea groups is 1. The number of anilines is 1. The molecule has 0 aliphatic carbocycles. The molecular weight excluding hydrogens is 547 g/mol. The number of alkyl halides is 3. The molecule has 0 unspecified atom stereocenters. The Kier molecular flexibility index (Phi) is 8.24. The van der Waals surface area contributed by atoms with Gasteiger partial charge in [-0.2, -0.15) is 13.2 Å². The zero-order valence-electron chi connectivity index (χ0n) is 22.0. The van der Waals surface area contributed by atoms with Crippen molar-refractivity contribution in [2.24, 2.45) is 0 Å². The van der Waals surface area contributed by atoms with E-state index in [4.69, 9.17) is 4.74 Å². The Labute approximate surface area is 231 Å². The number of pyridine rings is 2. The molecule has 2 amide bonds. The number of amides is 2. The summed E-state index contributed by atoms with van der Waals surface area (Å²) in [6, 6.07) is 5.77. The van der Waals surface area contributed by atoms with Crippen molar-refractivity contribution in [2.75, 3.05) is 18.5 Å². The number of hydrogen-bond donors (Lipinski definition) is 2. The van der Waals surface area contributed by atoms with Crippen molar-refractivity contribution in [1.82, 2.24) is 19.9 Å². The fourth-order valence-corrected chi connectivity index (χ4v) is 4.94. The maximum atomic E-state index is 13.4. The number of ether oxygens (including phenoxy) is 1. The molecule has 4 aromatic rings. The van der Waals surface area contributed by atoms with Crippen molar-refractivity contribution in [2.45, 2.75) is 39.9 Å². The normalized spacial score (nSPS) is 11.6. The zero-order valence-corrected chi connectivity index (χ0v) is 22.9. The zero-order chi connectivity index (χ0) is 29.2. The third-order valence-electron chi connectivity index (χ3n) is 5.90. The predicted octanol–water partition coefficient (Wildman–Crippen LogP) is 6.10. The van der Waals surface area contributed by atoms with Crippen molar-refractivity contribution in [3.05, 3.63) is 63.5 Å². The van der Waals surface area contributed by atoms with Gasteiger partial charge in [0.25, 0.3) is 0 Å². The molecule has 0 spiro atoms. The molecule has 210 valence electrons. The minimum atomic E-state index is -4.64. The molecule has 3 aromatic heterocycles. The molecule has 13 heteroatoms. The summed E-state index contributed by atoms with van der Waals surface area (Å²) in [5.74, 6) is -0.652. The number of benzene rings is 1. The number of hydrogen-bond acceptors (Lipinski definition) is 7. The lowest BCUT2D eigenvalue weighted by Gasteiger charge is -2.17. The lowest BCUT2D eigenvalue weighted by molar-refractivity contribution is -0.140. The SMILES string of the molecule is CCNC(=O)Nc1cc(-c2nc(C(F)(F)F)cs2)c(-c2ccc3c(c2)c(=O)c(C(=O)OCC)cn3C(C)C)cn1. The Hall–Kier alpha value is -4.26. The van der Waals surface area contributed by atoms with Gasteiger partial charge in [0.1, 0.15) is 16.4 Å². The van der Waals surface area contributed by atoms with Gasteiger partial charge in [0.05, 0.1) is 12.1 Å². The van der Waals surface area contributed by atoms with Crippen LogP contribution in [0.4, 0.5) is 23.8 Å². The number of carbonyl (C=O) groups excluding carboxylic acids is 2. The Balaban J connectivity index is 1.93. The van der Waals surface area contributed by atoms with Gasteiger partial charge in [-0.3, -0.25) is 10.1 Å². The Morgan fingerprint density at radius 1 is 1.15 bits per heavy atom. The molecule has 1 aromatic carbocycles. The minimum absolute atomic E-state index is 0.0450. The molecule has 40 heavy (non-hydrogen) atoms. The Morgan fingerprint density at radius 3 is 2.52 bits per heavy atom. The quantitative estimate of drug-likeness (QED) is 0.258. The third kappa shape index (κ3) is 5.83. The van der Waals surface area contributed by atoms with Crippen LogP contribution in [0.1, 0.15) is 49.8 Å². The van der Waals surface area contributed by atoms with Gasteiger partial charge in [-0.15, -0.1) is 11.3 Å². The van der Waals surface area contributed by atoms with E-state index in [0.29, 0.717) is 23.2 Å². The van der Waals surface area contributed by atoms with E-state index >= 15 is 0 Å². The number of nitrogens with one attached hydrogen (secondary N) is 2. The summed E-state index contributed by atoms with van der Waals surface area (Å²) in [5, 5.41) is 6.28. The van der Waals surface area contributed by atoms with Crippen molar-refractivity contribution >= 4 is 40.1 Å². The van der Waals surface area contributed by atoms with Gasteiger partial charge in [0.2, 0.25) is 5.43 Å². The van der Waals surface area contributed by atoms with Crippen LogP contribution >= 0.6 is 11.3 Å². The fraction of sp³-hybridized carbons (Fsp3) is 0.296. The van der Waals surface area contributed by atoms with Gasteiger partial charge in [0, 0.05) is 46.9 Å². The first-order chi connectivity index (χ1) is 18.9. The van der Waals surface area contributed by atoms with Crippen molar-refractivity contribution in [3.63, 3.8) is 0 Å². The summed E-state index contributed by atoms with van der Waals surface area (Å²) in [6.45, 7) is 7.62. The molecule has 4 rings (SSSR count). The van der Waals surface area contributed by atoms with Crippen LogP contribution in [-0.4, -0.2) is 39.7 Å². The standard InChI is InChI=1S/C27H26F3N5O4S/c1-5-31-26(38)34-22-10-16(24-33-21(13-40-24)27(28,29)30)18(11-32-22)15-7-8-20-17(9-15)23(36)19(25(37)39-6-2)12-35(20)14(3)4/h7-14H,5-6H2,1-4H3,(H2,31,32,34,38). The van der Waals surface area contributed by atoms with Crippen LogP contribution < -0.4 is 16.1 Å². The highest BCUT2D eigenvalue weighted by molar-refractivity contribution is 7.13. The first-order valence-corrected chi connectivity index (χ1v) is 13.3. The van der Waals surface area contributed by atoms with Crippen molar-refractivity contribution in [3.8, 4) is 21.7 Å². The number of thiazole rings is 1. The summed E-state index contributed by atoms with van der Waals surface area (Å²) in [6.07, 6.45) is -1.78. The lowest BCUT2D eigenvalue weighted by Crippen LogP contribution is -2.28. The van der Waals surface area contributed by atoms with Gasteiger partial charge in [-0.05, 0) is 51.5 Å². The lowest BCUT2D eigenvalue weighted by atomic mass is 9.99. The van der Waals surface area contributed by atoms with E-state index in [1.165, 1.54) is 18.5 Å². The smallest absolute Gasteiger partial charge is 0.434 e. The van der Waals surface area contributed by atoms with Gasteiger partial charge in [0.15, 0.2) is 5.69 Å². The maximum absolute atomic E-state index is 13.4. The van der Waals surface area contributed by atoms with Gasteiger partial charge in [-0.1, -0.05) is 6.07 Å². The van der Waals surface area contributed by atoms with Gasteiger partial charge < -0.3 is 14.6 Å². The number of fused-ring (bicyclic) bond motifs is 1. The molecule has 0 atom stereocenters. The number of carbonyl (C=O) groups is 2. The highest BCUT2D eigenvalue weighted by Gasteiger charge is 2.34. The minimum Gasteiger partial charge on any atom is -0.462 e. The van der Waals surface area contributed by atoms with E-state index in [1.54, 1.807) is 36.6 Å². The maximum Gasteiger partial charge on any atom is 0.434 e. The molecule has 9 nitrogen and oxygen atoms in total. The number of halogens is 3. The summed E-state index contributed by atoms with van der Waals surface area (Å²) in [4.78, 5) is 46.0. The van der Waals surface area contributed by atoms with Crippen LogP contribution in [0.25, 0.3) is 32.6 Å². The van der Waals surface area contributed by atoms with E-state index in [2.05, 4.69) is 20.6 Å². The van der Waals surface area contributed by atoms with Gasteiger partial charge >= 0.3 is 18.2 Å². The van der Waals surface area contributed by atoms with Crippen molar-refractivity contribution in [1.29, 1.82) is 0 Å². The first-order valence-electron chi connectivity index (χ1n) is 12.4. The van der Waals surface area contributed by atoms with E-state index in [1.807, 2.05) is 13.8 Å². The van der Waals surface area contributed by atoms with E-state index in [-0.39, 0.29) is 40.0 Å². The van der Waals surface area contributed by atoms with Crippen molar-refractivity contribution < 1.29 is 27.5 Å². The molecule has 2 N–H and O–H groups in total. The van der Waals surface area contributed by atoms with Crippen LogP contribution in [-0.2, 0) is 10.9 Å². The molecule has 0 aliphatic rings. The number of aromatic nitrogens is 3. The number of nitrogens with zero attached hydrogens (tertiary/aromatic N) is 3. The van der Waals surface area contributed by atoms with Gasteiger partial charge in [-0.25, -0.2) is 19.6 Å².